The number of carboxylic acids is 1. The predicted octanol–water partition coefficient (Wildman–Crippen LogP) is 2.12. The lowest BCUT2D eigenvalue weighted by Crippen LogP contribution is -2.09. The molecule has 0 spiro atoms. The molecule has 14 heavy (non-hydrogen) atoms. The molecule has 0 fully saturated rings. The first-order valence-electron chi connectivity index (χ1n) is 4.83. The summed E-state index contributed by atoms with van der Waals surface area (Å²) in [6, 6.07) is 3.87. The lowest BCUT2D eigenvalue weighted by molar-refractivity contribution is -0.138. The van der Waals surface area contributed by atoms with Gasteiger partial charge < -0.3 is 5.11 Å². The summed E-state index contributed by atoms with van der Waals surface area (Å²) in [4.78, 5) is 14.5. The number of hydrogen-bond donors (Lipinski definition) is 1. The van der Waals surface area contributed by atoms with Gasteiger partial charge in [0.2, 0.25) is 0 Å². The molecular formula is C11H15NO2. The molecule has 3 heteroatoms. The summed E-state index contributed by atoms with van der Waals surface area (Å²) in [6.07, 6.45) is 5.45. The second-order valence-corrected chi connectivity index (χ2v) is 3.43. The zero-order chi connectivity index (χ0) is 10.4. The summed E-state index contributed by atoms with van der Waals surface area (Å²) in [5, 5.41) is 8.68. The fraction of sp³-hybridized carbons (Fsp3) is 0.455. The summed E-state index contributed by atoms with van der Waals surface area (Å²) in [5.41, 5.74) is 1.16. The molecule has 3 nitrogen and oxygen atoms in total. The standard InChI is InChI=1S/C11H15NO2/c1-2-9(8-11(13)14)7-10-3-5-12-6-4-10/h3-6,9H,2,7-8H2,1H3,(H,13,14). The van der Waals surface area contributed by atoms with E-state index in [2.05, 4.69) is 4.98 Å². The highest BCUT2D eigenvalue weighted by molar-refractivity contribution is 5.67. The molecule has 0 aromatic carbocycles. The molecule has 1 N–H and O–H groups in total. The van der Waals surface area contributed by atoms with Crippen molar-refractivity contribution in [3.05, 3.63) is 30.1 Å². The first-order chi connectivity index (χ1) is 6.72. The van der Waals surface area contributed by atoms with Crippen LogP contribution in [0, 0.1) is 5.92 Å². The van der Waals surface area contributed by atoms with E-state index in [1.165, 1.54) is 0 Å². The van der Waals surface area contributed by atoms with Gasteiger partial charge in [0.1, 0.15) is 0 Å². The monoisotopic (exact) mass is 193 g/mol. The lowest BCUT2D eigenvalue weighted by atomic mass is 9.94. The van der Waals surface area contributed by atoms with Gasteiger partial charge in [-0.1, -0.05) is 13.3 Å². The summed E-state index contributed by atoms with van der Waals surface area (Å²) in [5.74, 6) is -0.485. The van der Waals surface area contributed by atoms with E-state index in [1.54, 1.807) is 12.4 Å². The fourth-order valence-electron chi connectivity index (χ4n) is 1.46. The van der Waals surface area contributed by atoms with Crippen molar-refractivity contribution >= 4 is 5.97 Å². The van der Waals surface area contributed by atoms with Crippen LogP contribution in [0.5, 0.6) is 0 Å². The summed E-state index contributed by atoms with van der Waals surface area (Å²) in [7, 11) is 0. The summed E-state index contributed by atoms with van der Waals surface area (Å²) >= 11 is 0. The molecule has 76 valence electrons. The number of carboxylic acid groups (broad SMARTS) is 1. The summed E-state index contributed by atoms with van der Waals surface area (Å²) in [6.45, 7) is 2.02. The highest BCUT2D eigenvalue weighted by Crippen LogP contribution is 2.14. The fourth-order valence-corrected chi connectivity index (χ4v) is 1.46. The molecule has 0 aliphatic carbocycles. The van der Waals surface area contributed by atoms with Gasteiger partial charge in [-0.05, 0) is 30.0 Å². The first-order valence-corrected chi connectivity index (χ1v) is 4.83. The van der Waals surface area contributed by atoms with Crippen molar-refractivity contribution in [2.24, 2.45) is 5.92 Å². The number of rotatable bonds is 5. The molecule has 1 heterocycles. The van der Waals surface area contributed by atoms with E-state index in [1.807, 2.05) is 19.1 Å². The van der Waals surface area contributed by atoms with E-state index in [-0.39, 0.29) is 12.3 Å². The molecule has 0 saturated carbocycles. The van der Waals surface area contributed by atoms with E-state index in [9.17, 15) is 4.79 Å². The Hall–Kier alpha value is -1.38. The molecular weight excluding hydrogens is 178 g/mol. The number of pyridine rings is 1. The first kappa shape index (κ1) is 10.7. The van der Waals surface area contributed by atoms with Gasteiger partial charge in [-0.25, -0.2) is 0 Å². The maximum absolute atomic E-state index is 10.5. The third-order valence-corrected chi connectivity index (χ3v) is 2.31. The van der Waals surface area contributed by atoms with Crippen molar-refractivity contribution < 1.29 is 9.90 Å². The van der Waals surface area contributed by atoms with Crippen molar-refractivity contribution in [3.8, 4) is 0 Å². The van der Waals surface area contributed by atoms with Gasteiger partial charge in [-0.3, -0.25) is 9.78 Å². The molecule has 0 saturated heterocycles. The Morgan fingerprint density at radius 2 is 2.14 bits per heavy atom. The molecule has 0 radical (unpaired) electrons. The van der Waals surface area contributed by atoms with Gasteiger partial charge >= 0.3 is 5.97 Å². The van der Waals surface area contributed by atoms with Crippen molar-refractivity contribution in [2.75, 3.05) is 0 Å². The van der Waals surface area contributed by atoms with Gasteiger partial charge in [-0.2, -0.15) is 0 Å². The minimum atomic E-state index is -0.717. The zero-order valence-electron chi connectivity index (χ0n) is 8.31. The van der Waals surface area contributed by atoms with Crippen LogP contribution in [0.4, 0.5) is 0 Å². The minimum Gasteiger partial charge on any atom is -0.481 e. The number of carbonyl (C=O) groups is 1. The van der Waals surface area contributed by atoms with Crippen molar-refractivity contribution in [1.29, 1.82) is 0 Å². The number of aromatic nitrogens is 1. The van der Waals surface area contributed by atoms with Crippen molar-refractivity contribution in [3.63, 3.8) is 0 Å². The molecule has 1 aromatic heterocycles. The second-order valence-electron chi connectivity index (χ2n) is 3.43. The van der Waals surface area contributed by atoms with E-state index >= 15 is 0 Å². The maximum Gasteiger partial charge on any atom is 0.303 e. The maximum atomic E-state index is 10.5. The van der Waals surface area contributed by atoms with E-state index in [0.717, 1.165) is 18.4 Å². The lowest BCUT2D eigenvalue weighted by Gasteiger charge is -2.11. The van der Waals surface area contributed by atoms with E-state index in [4.69, 9.17) is 5.11 Å². The molecule has 0 aliphatic rings. The van der Waals surface area contributed by atoms with Crippen LogP contribution in [-0.4, -0.2) is 16.1 Å². The average molecular weight is 193 g/mol. The van der Waals surface area contributed by atoms with E-state index in [0.29, 0.717) is 0 Å². The quantitative estimate of drug-likeness (QED) is 0.779. The molecule has 1 aromatic rings. The SMILES string of the molecule is CCC(CC(=O)O)Cc1ccncc1. The molecule has 0 bridgehead atoms. The molecule has 1 unspecified atom stereocenters. The minimum absolute atomic E-state index is 0.231. The normalized spacial score (nSPS) is 12.4. The summed E-state index contributed by atoms with van der Waals surface area (Å²) < 4.78 is 0. The van der Waals surface area contributed by atoms with Crippen LogP contribution in [0.15, 0.2) is 24.5 Å². The molecule has 1 rings (SSSR count). The van der Waals surface area contributed by atoms with Crippen LogP contribution in [0.1, 0.15) is 25.3 Å². The smallest absolute Gasteiger partial charge is 0.303 e. The van der Waals surface area contributed by atoms with Crippen molar-refractivity contribution in [2.45, 2.75) is 26.2 Å². The third-order valence-electron chi connectivity index (χ3n) is 2.31. The van der Waals surface area contributed by atoms with Gasteiger partial charge in [0, 0.05) is 18.8 Å². The number of aliphatic carboxylic acids is 1. The van der Waals surface area contributed by atoms with Crippen LogP contribution in [0.3, 0.4) is 0 Å². The average Bonchev–Trinajstić information content (AvgIpc) is 2.17. The van der Waals surface area contributed by atoms with E-state index < -0.39 is 5.97 Å². The third kappa shape index (κ3) is 3.56. The molecule has 0 amide bonds. The van der Waals surface area contributed by atoms with Gasteiger partial charge in [-0.15, -0.1) is 0 Å². The number of hydrogen-bond acceptors (Lipinski definition) is 2. The van der Waals surface area contributed by atoms with Crippen LogP contribution >= 0.6 is 0 Å². The Labute approximate surface area is 83.8 Å². The largest absolute Gasteiger partial charge is 0.481 e. The zero-order valence-corrected chi connectivity index (χ0v) is 8.31. The molecule has 1 atom stereocenters. The second kappa shape index (κ2) is 5.37. The van der Waals surface area contributed by atoms with Crippen LogP contribution < -0.4 is 0 Å². The van der Waals surface area contributed by atoms with Gasteiger partial charge in [0.25, 0.3) is 0 Å². The van der Waals surface area contributed by atoms with Crippen LogP contribution in [0.25, 0.3) is 0 Å². The Balaban J connectivity index is 2.53. The van der Waals surface area contributed by atoms with Gasteiger partial charge in [0.15, 0.2) is 0 Å². The Bertz CT molecular complexity index is 285. The highest BCUT2D eigenvalue weighted by Gasteiger charge is 2.11. The van der Waals surface area contributed by atoms with Gasteiger partial charge in [0.05, 0.1) is 0 Å². The van der Waals surface area contributed by atoms with Crippen LogP contribution in [-0.2, 0) is 11.2 Å². The predicted molar refractivity (Wildman–Crippen MR) is 54.0 cm³/mol. The van der Waals surface area contributed by atoms with Crippen LogP contribution in [0.2, 0.25) is 0 Å². The Morgan fingerprint density at radius 3 is 2.64 bits per heavy atom. The highest BCUT2D eigenvalue weighted by atomic mass is 16.4. The Morgan fingerprint density at radius 1 is 1.50 bits per heavy atom. The van der Waals surface area contributed by atoms with Crippen molar-refractivity contribution in [1.82, 2.24) is 4.98 Å². The Kier molecular flexibility index (Phi) is 4.11. The number of nitrogens with zero attached hydrogens (tertiary/aromatic N) is 1. The molecule has 0 aliphatic heterocycles. The topological polar surface area (TPSA) is 50.2 Å².